The SMILES string of the molecule is O=C(C=Cc1ccc(OCc2ccc(Cl)cc2)cc1)OCc1ccccc1Cl. The summed E-state index contributed by atoms with van der Waals surface area (Å²) in [4.78, 5) is 11.9. The van der Waals surface area contributed by atoms with Crippen LogP contribution in [0.5, 0.6) is 5.75 Å². The van der Waals surface area contributed by atoms with Gasteiger partial charge >= 0.3 is 5.97 Å². The molecule has 0 unspecified atom stereocenters. The molecule has 0 atom stereocenters. The van der Waals surface area contributed by atoms with Gasteiger partial charge in [0.1, 0.15) is 19.0 Å². The van der Waals surface area contributed by atoms with Crippen LogP contribution in [0.3, 0.4) is 0 Å². The number of halogens is 2. The zero-order chi connectivity index (χ0) is 19.8. The van der Waals surface area contributed by atoms with E-state index in [0.29, 0.717) is 16.7 Å². The molecule has 0 heterocycles. The molecular formula is C23H18Cl2O3. The minimum atomic E-state index is -0.428. The number of carbonyl (C=O) groups excluding carboxylic acids is 1. The quantitative estimate of drug-likeness (QED) is 0.336. The van der Waals surface area contributed by atoms with Crippen LogP contribution >= 0.6 is 23.2 Å². The zero-order valence-electron chi connectivity index (χ0n) is 15.0. The van der Waals surface area contributed by atoms with Crippen LogP contribution in [0, 0.1) is 0 Å². The molecule has 0 N–H and O–H groups in total. The van der Waals surface area contributed by atoms with E-state index in [-0.39, 0.29) is 6.61 Å². The first-order chi connectivity index (χ1) is 13.6. The van der Waals surface area contributed by atoms with Gasteiger partial charge in [-0.2, -0.15) is 0 Å². The van der Waals surface area contributed by atoms with Gasteiger partial charge in [0.05, 0.1) is 0 Å². The van der Waals surface area contributed by atoms with Crippen molar-refractivity contribution in [1.82, 2.24) is 0 Å². The molecule has 0 saturated heterocycles. The van der Waals surface area contributed by atoms with E-state index in [1.165, 1.54) is 6.08 Å². The largest absolute Gasteiger partial charge is 0.489 e. The van der Waals surface area contributed by atoms with Gasteiger partial charge in [-0.15, -0.1) is 0 Å². The fourth-order valence-corrected chi connectivity index (χ4v) is 2.72. The molecule has 0 aliphatic carbocycles. The Balaban J connectivity index is 1.48. The van der Waals surface area contributed by atoms with Gasteiger partial charge in [0, 0.05) is 21.7 Å². The minimum Gasteiger partial charge on any atom is -0.489 e. The molecular weight excluding hydrogens is 395 g/mol. The lowest BCUT2D eigenvalue weighted by atomic mass is 10.2. The lowest BCUT2D eigenvalue weighted by Gasteiger charge is -2.07. The molecule has 28 heavy (non-hydrogen) atoms. The van der Waals surface area contributed by atoms with E-state index < -0.39 is 5.97 Å². The Morgan fingerprint density at radius 2 is 1.57 bits per heavy atom. The number of esters is 1. The Hall–Kier alpha value is -2.75. The van der Waals surface area contributed by atoms with E-state index in [2.05, 4.69) is 0 Å². The van der Waals surface area contributed by atoms with Gasteiger partial charge in [0.2, 0.25) is 0 Å². The third-order valence-corrected chi connectivity index (χ3v) is 4.56. The van der Waals surface area contributed by atoms with Crippen molar-refractivity contribution in [3.63, 3.8) is 0 Å². The molecule has 0 aliphatic heterocycles. The Kier molecular flexibility index (Phi) is 7.12. The predicted octanol–water partition coefficient (Wildman–Crippen LogP) is 6.33. The first-order valence-electron chi connectivity index (χ1n) is 8.66. The lowest BCUT2D eigenvalue weighted by Crippen LogP contribution is -2.01. The number of hydrogen-bond acceptors (Lipinski definition) is 3. The molecule has 0 amide bonds. The van der Waals surface area contributed by atoms with E-state index in [0.717, 1.165) is 22.4 Å². The summed E-state index contributed by atoms with van der Waals surface area (Å²) < 4.78 is 10.9. The van der Waals surface area contributed by atoms with Crippen LogP contribution in [0.4, 0.5) is 0 Å². The maximum Gasteiger partial charge on any atom is 0.331 e. The standard InChI is InChI=1S/C23H18Cl2O3/c24-20-10-5-18(6-11-20)15-27-21-12-7-17(8-13-21)9-14-23(26)28-16-19-3-1-2-4-22(19)25/h1-14H,15-16H2. The summed E-state index contributed by atoms with van der Waals surface area (Å²) in [6.07, 6.45) is 3.08. The molecule has 0 spiro atoms. The predicted molar refractivity (Wildman–Crippen MR) is 113 cm³/mol. The molecule has 3 aromatic rings. The van der Waals surface area contributed by atoms with Crippen LogP contribution in [0.1, 0.15) is 16.7 Å². The van der Waals surface area contributed by atoms with E-state index >= 15 is 0 Å². The van der Waals surface area contributed by atoms with Gasteiger partial charge in [-0.05, 0) is 47.5 Å². The second-order valence-electron chi connectivity index (χ2n) is 6.02. The molecule has 3 rings (SSSR count). The average molecular weight is 413 g/mol. The molecule has 5 heteroatoms. The summed E-state index contributed by atoms with van der Waals surface area (Å²) in [6, 6.07) is 22.2. The second kappa shape index (κ2) is 9.98. The molecule has 3 aromatic carbocycles. The highest BCUT2D eigenvalue weighted by molar-refractivity contribution is 6.31. The number of rotatable bonds is 7. The van der Waals surface area contributed by atoms with E-state index in [1.807, 2.05) is 66.7 Å². The number of hydrogen-bond donors (Lipinski definition) is 0. The van der Waals surface area contributed by atoms with Crippen molar-refractivity contribution in [2.45, 2.75) is 13.2 Å². The van der Waals surface area contributed by atoms with Crippen LogP contribution in [0.25, 0.3) is 6.08 Å². The van der Waals surface area contributed by atoms with Gasteiger partial charge < -0.3 is 9.47 Å². The Bertz CT molecular complexity index is 948. The van der Waals surface area contributed by atoms with Crippen molar-refractivity contribution in [3.05, 3.63) is 106 Å². The van der Waals surface area contributed by atoms with Gasteiger partial charge in [-0.1, -0.05) is 65.7 Å². The number of carbonyl (C=O) groups is 1. The minimum absolute atomic E-state index is 0.139. The van der Waals surface area contributed by atoms with Crippen molar-refractivity contribution in [2.24, 2.45) is 0 Å². The molecule has 0 aliphatic rings. The molecule has 0 aromatic heterocycles. The number of ether oxygens (including phenoxy) is 2. The fourth-order valence-electron chi connectivity index (χ4n) is 2.40. The van der Waals surface area contributed by atoms with Crippen LogP contribution in [-0.4, -0.2) is 5.97 Å². The van der Waals surface area contributed by atoms with E-state index in [1.54, 1.807) is 12.1 Å². The van der Waals surface area contributed by atoms with Gasteiger partial charge in [-0.3, -0.25) is 0 Å². The first-order valence-corrected chi connectivity index (χ1v) is 9.41. The average Bonchev–Trinajstić information content (AvgIpc) is 2.72. The monoisotopic (exact) mass is 412 g/mol. The lowest BCUT2D eigenvalue weighted by molar-refractivity contribution is -0.138. The topological polar surface area (TPSA) is 35.5 Å². The van der Waals surface area contributed by atoms with Crippen molar-refractivity contribution in [1.29, 1.82) is 0 Å². The Morgan fingerprint density at radius 1 is 0.857 bits per heavy atom. The first kappa shape index (κ1) is 20.0. The summed E-state index contributed by atoms with van der Waals surface area (Å²) in [7, 11) is 0. The second-order valence-corrected chi connectivity index (χ2v) is 6.86. The molecule has 0 fully saturated rings. The van der Waals surface area contributed by atoms with Crippen LogP contribution < -0.4 is 4.74 Å². The summed E-state index contributed by atoms with van der Waals surface area (Å²) in [5.74, 6) is 0.316. The highest BCUT2D eigenvalue weighted by Gasteiger charge is 2.03. The zero-order valence-corrected chi connectivity index (χ0v) is 16.5. The maximum atomic E-state index is 11.9. The van der Waals surface area contributed by atoms with Crippen molar-refractivity contribution >= 4 is 35.2 Å². The number of benzene rings is 3. The van der Waals surface area contributed by atoms with Crippen molar-refractivity contribution in [2.75, 3.05) is 0 Å². The normalized spacial score (nSPS) is 10.8. The molecule has 3 nitrogen and oxygen atoms in total. The van der Waals surface area contributed by atoms with Crippen LogP contribution in [0.2, 0.25) is 10.0 Å². The summed E-state index contributed by atoms with van der Waals surface area (Å²) >= 11 is 11.9. The maximum absolute atomic E-state index is 11.9. The van der Waals surface area contributed by atoms with Gasteiger partial charge in [-0.25, -0.2) is 4.79 Å². The third kappa shape index (κ3) is 6.15. The van der Waals surface area contributed by atoms with Crippen LogP contribution in [-0.2, 0) is 22.7 Å². The van der Waals surface area contributed by atoms with Gasteiger partial charge in [0.25, 0.3) is 0 Å². The fraction of sp³-hybridized carbons (Fsp3) is 0.0870. The molecule has 0 radical (unpaired) electrons. The highest BCUT2D eigenvalue weighted by Crippen LogP contribution is 2.17. The van der Waals surface area contributed by atoms with E-state index in [4.69, 9.17) is 32.7 Å². The van der Waals surface area contributed by atoms with E-state index in [9.17, 15) is 4.79 Å². The Labute approximate surface area is 174 Å². The summed E-state index contributed by atoms with van der Waals surface area (Å²) in [5, 5.41) is 1.28. The molecule has 0 saturated carbocycles. The smallest absolute Gasteiger partial charge is 0.331 e. The Morgan fingerprint density at radius 3 is 2.29 bits per heavy atom. The van der Waals surface area contributed by atoms with Crippen LogP contribution in [0.15, 0.2) is 78.9 Å². The van der Waals surface area contributed by atoms with Crippen molar-refractivity contribution < 1.29 is 14.3 Å². The molecule has 142 valence electrons. The highest BCUT2D eigenvalue weighted by atomic mass is 35.5. The molecule has 0 bridgehead atoms. The summed E-state index contributed by atoms with van der Waals surface area (Å²) in [6.45, 7) is 0.598. The third-order valence-electron chi connectivity index (χ3n) is 3.94. The summed E-state index contributed by atoms with van der Waals surface area (Å²) in [5.41, 5.74) is 2.68. The van der Waals surface area contributed by atoms with Gasteiger partial charge in [0.15, 0.2) is 0 Å². The van der Waals surface area contributed by atoms with Crippen molar-refractivity contribution in [3.8, 4) is 5.75 Å².